The number of ether oxygens (including phenoxy) is 1. The van der Waals surface area contributed by atoms with Crippen LogP contribution in [0.3, 0.4) is 0 Å². The molecule has 1 aromatic carbocycles. The molecule has 0 aliphatic carbocycles. The Kier molecular flexibility index (Phi) is 5.70. The molecule has 0 heterocycles. The van der Waals surface area contributed by atoms with Crippen LogP contribution in [0.15, 0.2) is 24.3 Å². The third kappa shape index (κ3) is 4.97. The molecule has 0 spiro atoms. The van der Waals surface area contributed by atoms with E-state index in [1.807, 2.05) is 0 Å². The zero-order valence-corrected chi connectivity index (χ0v) is 10.9. The molecule has 0 N–H and O–H groups in total. The molecule has 14 heavy (non-hydrogen) atoms. The fourth-order valence-electron chi connectivity index (χ4n) is 0.854. The van der Waals surface area contributed by atoms with Gasteiger partial charge in [0, 0.05) is 0 Å². The van der Waals surface area contributed by atoms with E-state index in [1.165, 1.54) is 0 Å². The summed E-state index contributed by atoms with van der Waals surface area (Å²) in [5.74, 6) is -0.403. The van der Waals surface area contributed by atoms with Gasteiger partial charge in [-0.15, -0.1) is 0 Å². The molecule has 0 bridgehead atoms. The summed E-state index contributed by atoms with van der Waals surface area (Å²) in [6.45, 7) is 1.77. The molecule has 0 saturated heterocycles. The van der Waals surface area contributed by atoms with Crippen LogP contribution in [0.5, 0.6) is 5.75 Å². The summed E-state index contributed by atoms with van der Waals surface area (Å²) in [5, 5.41) is 0. The summed E-state index contributed by atoms with van der Waals surface area (Å²) >= 11 is 0. The number of benzene rings is 1. The predicted molar refractivity (Wildman–Crippen MR) is 46.4 cm³/mol. The molecule has 0 aromatic heterocycles. The van der Waals surface area contributed by atoms with Crippen molar-refractivity contribution in [1.29, 1.82) is 0 Å². The summed E-state index contributed by atoms with van der Waals surface area (Å²) in [7, 11) is -4.31. The summed E-state index contributed by atoms with van der Waals surface area (Å²) in [6.07, 6.45) is 0. The quantitative estimate of drug-likeness (QED) is 0.435. The van der Waals surface area contributed by atoms with Crippen molar-refractivity contribution in [2.45, 2.75) is 6.92 Å². The second-order valence-corrected chi connectivity index (χ2v) is 3.94. The van der Waals surface area contributed by atoms with Crippen LogP contribution >= 0.6 is 0 Å². The molecular formula is C8H9NaO4S. The average Bonchev–Trinajstić information content (AvgIpc) is 2.01. The summed E-state index contributed by atoms with van der Waals surface area (Å²) in [4.78, 5) is 0. The monoisotopic (exact) mass is 224 g/mol. The Morgan fingerprint density at radius 3 is 2.43 bits per heavy atom. The van der Waals surface area contributed by atoms with Crippen LogP contribution in [0.1, 0.15) is 5.56 Å². The van der Waals surface area contributed by atoms with Crippen molar-refractivity contribution in [1.82, 2.24) is 0 Å². The first-order valence-corrected chi connectivity index (χ1v) is 5.19. The van der Waals surface area contributed by atoms with E-state index in [-0.39, 0.29) is 29.6 Å². The number of rotatable bonds is 3. The number of hydrogen-bond donors (Lipinski definition) is 0. The van der Waals surface area contributed by atoms with Crippen molar-refractivity contribution < 1.29 is 47.3 Å². The molecule has 1 aromatic rings. The molecule has 0 aliphatic rings. The van der Waals surface area contributed by atoms with Gasteiger partial charge in [0.05, 0.1) is 0 Å². The molecule has 0 radical (unpaired) electrons. The van der Waals surface area contributed by atoms with E-state index in [0.717, 1.165) is 5.56 Å². The molecule has 0 fully saturated rings. The number of hydrogen-bond acceptors (Lipinski definition) is 4. The Morgan fingerprint density at radius 2 is 1.93 bits per heavy atom. The Morgan fingerprint density at radius 1 is 1.36 bits per heavy atom. The van der Waals surface area contributed by atoms with Crippen LogP contribution in [0, 0.1) is 6.92 Å². The summed E-state index contributed by atoms with van der Waals surface area (Å²) in [6, 6.07) is 6.89. The molecule has 0 atom stereocenters. The largest absolute Gasteiger partial charge is 1.00 e. The van der Waals surface area contributed by atoms with E-state index in [0.29, 0.717) is 5.75 Å². The molecule has 72 valence electrons. The summed E-state index contributed by atoms with van der Waals surface area (Å²) in [5.41, 5.74) is 0.797. The van der Waals surface area contributed by atoms with Crippen molar-refractivity contribution >= 4 is 10.1 Å². The molecule has 0 amide bonds. The molecule has 0 unspecified atom stereocenters. The van der Waals surface area contributed by atoms with Gasteiger partial charge in [-0.25, -0.2) is 8.42 Å². The fourth-order valence-corrected chi connectivity index (χ4v) is 1.13. The van der Waals surface area contributed by atoms with E-state index in [1.54, 1.807) is 31.2 Å². The van der Waals surface area contributed by atoms with E-state index in [9.17, 15) is 13.0 Å². The normalized spacial score (nSPS) is 10.4. The molecule has 4 nitrogen and oxygen atoms in total. The first-order chi connectivity index (χ1) is 5.99. The van der Waals surface area contributed by atoms with Crippen molar-refractivity contribution in [3.8, 4) is 5.75 Å². The molecule has 1 rings (SSSR count). The third-order valence-electron chi connectivity index (χ3n) is 1.45. The first kappa shape index (κ1) is 13.9. The van der Waals surface area contributed by atoms with Crippen molar-refractivity contribution in [2.75, 3.05) is 5.94 Å². The topological polar surface area (TPSA) is 66.4 Å². The third-order valence-corrected chi connectivity index (χ3v) is 1.86. The van der Waals surface area contributed by atoms with Crippen molar-refractivity contribution in [2.24, 2.45) is 0 Å². The van der Waals surface area contributed by atoms with Gasteiger partial charge in [-0.1, -0.05) is 18.2 Å². The zero-order chi connectivity index (χ0) is 9.90. The van der Waals surface area contributed by atoms with Gasteiger partial charge in [-0.05, 0) is 18.6 Å². The van der Waals surface area contributed by atoms with Gasteiger partial charge in [0.2, 0.25) is 0 Å². The number of aryl methyl sites for hydroxylation is 1. The summed E-state index contributed by atoms with van der Waals surface area (Å²) < 4.78 is 35.5. The van der Waals surface area contributed by atoms with Gasteiger partial charge in [-0.3, -0.25) is 0 Å². The van der Waals surface area contributed by atoms with E-state index < -0.39 is 16.1 Å². The van der Waals surface area contributed by atoms with Crippen molar-refractivity contribution in [3.63, 3.8) is 0 Å². The van der Waals surface area contributed by atoms with Gasteiger partial charge in [0.1, 0.15) is 15.9 Å². The van der Waals surface area contributed by atoms with Gasteiger partial charge < -0.3 is 9.29 Å². The zero-order valence-electron chi connectivity index (χ0n) is 8.06. The number of para-hydroxylation sites is 1. The van der Waals surface area contributed by atoms with Gasteiger partial charge in [0.25, 0.3) is 0 Å². The SMILES string of the molecule is Cc1ccccc1OCS(=O)(=O)[O-].[Na+]. The Hall–Kier alpha value is -0.0700. The van der Waals surface area contributed by atoms with Gasteiger partial charge in [0.15, 0.2) is 5.94 Å². The maximum absolute atomic E-state index is 10.2. The van der Waals surface area contributed by atoms with Crippen LogP contribution in [0.2, 0.25) is 0 Å². The second-order valence-electron chi connectivity index (χ2n) is 2.59. The smallest absolute Gasteiger partial charge is 0.745 e. The van der Waals surface area contributed by atoms with Gasteiger partial charge in [-0.2, -0.15) is 0 Å². The molecular weight excluding hydrogens is 215 g/mol. The molecule has 0 saturated carbocycles. The van der Waals surface area contributed by atoms with Crippen molar-refractivity contribution in [3.05, 3.63) is 29.8 Å². The maximum Gasteiger partial charge on any atom is 1.00 e. The Labute approximate surface area is 105 Å². The van der Waals surface area contributed by atoms with E-state index in [2.05, 4.69) is 0 Å². The average molecular weight is 224 g/mol. The fraction of sp³-hybridized carbons (Fsp3) is 0.250. The van der Waals surface area contributed by atoms with Crippen LogP contribution in [-0.4, -0.2) is 18.9 Å². The molecule has 0 aliphatic heterocycles. The second kappa shape index (κ2) is 5.72. The minimum atomic E-state index is -4.31. The predicted octanol–water partition coefficient (Wildman–Crippen LogP) is -2.12. The van der Waals surface area contributed by atoms with E-state index in [4.69, 9.17) is 4.74 Å². The molecule has 6 heteroatoms. The van der Waals surface area contributed by atoms with Crippen LogP contribution < -0.4 is 34.3 Å². The van der Waals surface area contributed by atoms with E-state index >= 15 is 0 Å². The van der Waals surface area contributed by atoms with Crippen LogP contribution in [0.25, 0.3) is 0 Å². The minimum absolute atomic E-state index is 0. The Bertz CT molecular complexity index is 388. The van der Waals surface area contributed by atoms with Gasteiger partial charge >= 0.3 is 29.6 Å². The maximum atomic E-state index is 10.2. The minimum Gasteiger partial charge on any atom is -0.745 e. The Balaban J connectivity index is 0.00000169. The van der Waals surface area contributed by atoms with Crippen LogP contribution in [0.4, 0.5) is 0 Å². The van der Waals surface area contributed by atoms with Crippen LogP contribution in [-0.2, 0) is 10.1 Å². The first-order valence-electron chi connectivity index (χ1n) is 3.61. The standard InChI is InChI=1S/C8H10O4S.Na/c1-7-4-2-3-5-8(7)12-6-13(9,10)11;/h2-5H,6H2,1H3,(H,9,10,11);/q;+1/p-1.